The molecule has 0 aromatic heterocycles. The summed E-state index contributed by atoms with van der Waals surface area (Å²) in [7, 11) is 1.66. The van der Waals surface area contributed by atoms with Crippen LogP contribution in [0.25, 0.3) is 0 Å². The number of ketones is 1. The number of benzene rings is 1. The van der Waals surface area contributed by atoms with Crippen LogP contribution in [0.4, 0.5) is 0 Å². The largest absolute Gasteiger partial charge is 0.481 e. The normalized spacial score (nSPS) is 39.8. The van der Waals surface area contributed by atoms with Crippen LogP contribution >= 0.6 is 0 Å². The Morgan fingerprint density at radius 1 is 1.43 bits per heavy atom. The average molecular weight is 315 g/mol. The van der Waals surface area contributed by atoms with E-state index in [4.69, 9.17) is 9.47 Å². The number of ether oxygens (including phenoxy) is 2. The Morgan fingerprint density at radius 3 is 3.13 bits per heavy atom. The van der Waals surface area contributed by atoms with Gasteiger partial charge < -0.3 is 19.9 Å². The monoisotopic (exact) mass is 315 g/mol. The molecule has 23 heavy (non-hydrogen) atoms. The summed E-state index contributed by atoms with van der Waals surface area (Å²) in [6, 6.07) is 4.16. The molecule has 0 radical (unpaired) electrons. The maximum atomic E-state index is 12.6. The number of rotatable bonds is 2. The summed E-state index contributed by atoms with van der Waals surface area (Å²) in [5, 5.41) is 15.1. The van der Waals surface area contributed by atoms with Gasteiger partial charge in [0.25, 0.3) is 0 Å². The summed E-state index contributed by atoms with van der Waals surface area (Å²) in [6.45, 7) is 1.27. The van der Waals surface area contributed by atoms with Crippen molar-refractivity contribution in [3.05, 3.63) is 28.8 Å². The molecule has 1 aromatic rings. The molecule has 5 nitrogen and oxygen atoms in total. The first-order valence-corrected chi connectivity index (χ1v) is 8.41. The van der Waals surface area contributed by atoms with Crippen molar-refractivity contribution < 1.29 is 19.4 Å². The molecule has 4 aliphatic rings. The molecule has 2 heterocycles. The predicted molar refractivity (Wildman–Crippen MR) is 82.6 cm³/mol. The van der Waals surface area contributed by atoms with E-state index in [-0.39, 0.29) is 11.8 Å². The highest BCUT2D eigenvalue weighted by Crippen LogP contribution is 2.62. The lowest BCUT2D eigenvalue weighted by atomic mass is 9.49. The van der Waals surface area contributed by atoms with Crippen LogP contribution in [-0.2, 0) is 28.0 Å². The number of carbonyl (C=O) groups excluding carboxylic acids is 1. The van der Waals surface area contributed by atoms with Crippen molar-refractivity contribution in [3.8, 4) is 5.75 Å². The van der Waals surface area contributed by atoms with E-state index in [9.17, 15) is 9.90 Å². The van der Waals surface area contributed by atoms with Gasteiger partial charge in [-0.2, -0.15) is 0 Å². The van der Waals surface area contributed by atoms with E-state index in [1.165, 1.54) is 5.56 Å². The Hall–Kier alpha value is -1.43. The van der Waals surface area contributed by atoms with Crippen molar-refractivity contribution in [1.29, 1.82) is 0 Å². The predicted octanol–water partition coefficient (Wildman–Crippen LogP) is 0.844. The van der Waals surface area contributed by atoms with Crippen molar-refractivity contribution in [2.45, 2.75) is 55.5 Å². The van der Waals surface area contributed by atoms with E-state index in [1.54, 1.807) is 7.11 Å². The minimum absolute atomic E-state index is 0.00201. The Balaban J connectivity index is 1.82. The zero-order chi connectivity index (χ0) is 15.8. The number of aliphatic hydroxyl groups is 1. The van der Waals surface area contributed by atoms with Gasteiger partial charge in [0.2, 0.25) is 0 Å². The molecule has 1 unspecified atom stereocenters. The van der Waals surface area contributed by atoms with Crippen LogP contribution < -0.4 is 10.1 Å². The molecule has 2 aliphatic carbocycles. The topological polar surface area (TPSA) is 67.8 Å². The van der Waals surface area contributed by atoms with Gasteiger partial charge in [0, 0.05) is 30.7 Å². The van der Waals surface area contributed by atoms with Crippen molar-refractivity contribution in [3.63, 3.8) is 0 Å². The molecule has 2 N–H and O–H groups in total. The first-order chi connectivity index (χ1) is 11.1. The van der Waals surface area contributed by atoms with Gasteiger partial charge in [0.05, 0.1) is 17.6 Å². The van der Waals surface area contributed by atoms with Crippen LogP contribution in [0.15, 0.2) is 12.1 Å². The summed E-state index contributed by atoms with van der Waals surface area (Å²) < 4.78 is 11.5. The van der Waals surface area contributed by atoms with Gasteiger partial charge in [0.15, 0.2) is 11.9 Å². The number of methoxy groups -OCH3 is 1. The van der Waals surface area contributed by atoms with Gasteiger partial charge >= 0.3 is 0 Å². The Morgan fingerprint density at radius 2 is 2.30 bits per heavy atom. The van der Waals surface area contributed by atoms with E-state index in [0.29, 0.717) is 19.4 Å². The van der Waals surface area contributed by atoms with Gasteiger partial charge in [-0.1, -0.05) is 12.1 Å². The average Bonchev–Trinajstić information content (AvgIpc) is 2.87. The highest BCUT2D eigenvalue weighted by atomic mass is 16.5. The van der Waals surface area contributed by atoms with E-state index >= 15 is 0 Å². The van der Waals surface area contributed by atoms with Crippen LogP contribution in [0.3, 0.4) is 0 Å². The number of nitrogens with one attached hydrogen (secondary N) is 1. The van der Waals surface area contributed by atoms with Crippen LogP contribution in [0.2, 0.25) is 0 Å². The van der Waals surface area contributed by atoms with Crippen molar-refractivity contribution in [1.82, 2.24) is 5.32 Å². The summed E-state index contributed by atoms with van der Waals surface area (Å²) in [4.78, 5) is 12.6. The van der Waals surface area contributed by atoms with E-state index in [1.807, 2.05) is 6.07 Å². The summed E-state index contributed by atoms with van der Waals surface area (Å²) in [5.41, 5.74) is 1.80. The molecule has 4 atom stereocenters. The Bertz CT molecular complexity index is 717. The standard InChI is InChI=1S/C18H21NO4/c1-22-9-11-3-2-10-8-13-18(21)5-4-12(20)16-17(18,6-7-19-13)14(10)15(11)23-16/h2-3,13,16,19,21H,4-9H2,1H3/t13-,16?,17+,18-/m1/s1. The molecule has 1 aromatic carbocycles. The number of hydrogen-bond donors (Lipinski definition) is 2. The van der Waals surface area contributed by atoms with Crippen LogP contribution in [0, 0.1) is 0 Å². The van der Waals surface area contributed by atoms with Crippen LogP contribution in [0.1, 0.15) is 36.0 Å². The molecule has 1 saturated carbocycles. The fourth-order valence-electron chi connectivity index (χ4n) is 5.56. The van der Waals surface area contributed by atoms with Crippen molar-refractivity contribution in [2.24, 2.45) is 0 Å². The number of carbonyl (C=O) groups is 1. The first kappa shape index (κ1) is 14.0. The van der Waals surface area contributed by atoms with E-state index in [0.717, 1.165) is 36.3 Å². The smallest absolute Gasteiger partial charge is 0.174 e. The quantitative estimate of drug-likeness (QED) is 0.847. The lowest BCUT2D eigenvalue weighted by Crippen LogP contribution is -2.76. The second-order valence-electron chi connectivity index (χ2n) is 7.34. The van der Waals surface area contributed by atoms with Gasteiger partial charge in [-0.3, -0.25) is 4.79 Å². The molecular weight excluding hydrogens is 294 g/mol. The number of hydrogen-bond acceptors (Lipinski definition) is 5. The lowest BCUT2D eigenvalue weighted by molar-refractivity contribution is -0.166. The van der Waals surface area contributed by atoms with Crippen molar-refractivity contribution in [2.75, 3.05) is 13.7 Å². The minimum atomic E-state index is -0.895. The van der Waals surface area contributed by atoms with Gasteiger partial charge in [-0.05, 0) is 31.4 Å². The second-order valence-corrected chi connectivity index (χ2v) is 7.34. The summed E-state index contributed by atoms with van der Waals surface area (Å²) >= 11 is 0. The van der Waals surface area contributed by atoms with Crippen molar-refractivity contribution >= 4 is 5.78 Å². The minimum Gasteiger partial charge on any atom is -0.481 e. The molecule has 2 bridgehead atoms. The zero-order valence-electron chi connectivity index (χ0n) is 13.2. The van der Waals surface area contributed by atoms with Crippen LogP contribution in [-0.4, -0.2) is 42.3 Å². The van der Waals surface area contributed by atoms with Crippen LogP contribution in [0.5, 0.6) is 5.75 Å². The first-order valence-electron chi connectivity index (χ1n) is 8.41. The fourth-order valence-corrected chi connectivity index (χ4v) is 5.56. The van der Waals surface area contributed by atoms with E-state index < -0.39 is 17.1 Å². The Kier molecular flexibility index (Phi) is 2.64. The Labute approximate surface area is 135 Å². The third-order valence-electron chi connectivity index (χ3n) is 6.48. The highest BCUT2D eigenvalue weighted by molar-refractivity contribution is 5.89. The SMILES string of the molecule is COCc1ccc2c3c1OC1C(=O)CC[C@@]4(O)[C@@H](C2)NCC[C@]314. The summed E-state index contributed by atoms with van der Waals surface area (Å²) in [5.74, 6) is 0.922. The maximum Gasteiger partial charge on any atom is 0.174 e. The molecule has 5 heteroatoms. The van der Waals surface area contributed by atoms with Gasteiger partial charge in [-0.15, -0.1) is 0 Å². The maximum absolute atomic E-state index is 12.6. The molecule has 1 saturated heterocycles. The molecule has 0 amide bonds. The van der Waals surface area contributed by atoms with Gasteiger partial charge in [0.1, 0.15) is 5.75 Å². The number of Topliss-reactive ketones (excluding diaryl/α,β-unsaturated/α-hetero) is 1. The zero-order valence-corrected chi connectivity index (χ0v) is 13.2. The molecular formula is C18H21NO4. The second kappa shape index (κ2) is 4.35. The highest BCUT2D eigenvalue weighted by Gasteiger charge is 2.71. The third-order valence-corrected chi connectivity index (χ3v) is 6.48. The third kappa shape index (κ3) is 1.42. The molecule has 5 rings (SSSR count). The molecule has 2 fully saturated rings. The molecule has 2 aliphatic heterocycles. The lowest BCUT2D eigenvalue weighted by Gasteiger charge is -2.59. The fraction of sp³-hybridized carbons (Fsp3) is 0.611. The molecule has 1 spiro atoms. The van der Waals surface area contributed by atoms with E-state index in [2.05, 4.69) is 11.4 Å². The van der Waals surface area contributed by atoms with Gasteiger partial charge in [-0.25, -0.2) is 0 Å². The summed E-state index contributed by atoms with van der Waals surface area (Å²) in [6.07, 6.45) is 1.91. The molecule has 122 valence electrons. The number of piperidine rings is 1.